The van der Waals surface area contributed by atoms with Crippen molar-refractivity contribution in [3.63, 3.8) is 0 Å². The molecule has 0 unspecified atom stereocenters. The maximum absolute atomic E-state index is 12.9. The van der Waals surface area contributed by atoms with Crippen LogP contribution in [-0.2, 0) is 0 Å². The van der Waals surface area contributed by atoms with E-state index in [1.807, 2.05) is 0 Å². The van der Waals surface area contributed by atoms with E-state index in [0.717, 1.165) is 0 Å². The molecular formula is C16H9O7Se2-. The zero-order valence-electron chi connectivity index (χ0n) is 12.6. The number of fused-ring (bicyclic) bond motifs is 2. The van der Waals surface area contributed by atoms with Crippen molar-refractivity contribution in [2.45, 2.75) is 0 Å². The Kier molecular flexibility index (Phi) is 4.01. The van der Waals surface area contributed by atoms with Crippen molar-refractivity contribution < 1.29 is 25.7 Å². The van der Waals surface area contributed by atoms with Gasteiger partial charge in [0.15, 0.2) is 0 Å². The first kappa shape index (κ1) is 16.2. The fourth-order valence-electron chi connectivity index (χ4n) is 2.57. The SMILES string of the molecule is COc1c(-c2ccc3c(c2)O[Se]O3)oc2cc(O)cc(O[Se-])c2c1=O. The zero-order valence-corrected chi connectivity index (χ0v) is 16.0. The Morgan fingerprint density at radius 1 is 1.16 bits per heavy atom. The van der Waals surface area contributed by atoms with Gasteiger partial charge in [-0.15, -0.1) is 0 Å². The van der Waals surface area contributed by atoms with E-state index in [4.69, 9.17) is 20.6 Å². The van der Waals surface area contributed by atoms with Gasteiger partial charge in [-0.1, -0.05) is 0 Å². The third kappa shape index (κ3) is 2.62. The van der Waals surface area contributed by atoms with Crippen molar-refractivity contribution in [2.24, 2.45) is 0 Å². The average Bonchev–Trinajstić information content (AvgIpc) is 3.08. The molecule has 2 aromatic carbocycles. The molecule has 1 aliphatic heterocycles. The van der Waals surface area contributed by atoms with Gasteiger partial charge in [0.05, 0.1) is 0 Å². The average molecular weight is 471 g/mol. The normalized spacial score (nSPS) is 12.4. The summed E-state index contributed by atoms with van der Waals surface area (Å²) in [5.74, 6) is 1.53. The Bertz CT molecular complexity index is 1040. The van der Waals surface area contributed by atoms with Gasteiger partial charge in [0.1, 0.15) is 0 Å². The van der Waals surface area contributed by atoms with Crippen molar-refractivity contribution in [2.75, 3.05) is 7.11 Å². The maximum atomic E-state index is 12.9. The molecule has 1 aromatic heterocycles. The van der Waals surface area contributed by atoms with Crippen LogP contribution in [0.15, 0.2) is 39.5 Å². The standard InChI is InChI=1S/C16H10O7Se2/c1-19-16-14(18)13-11(5-8(17)6-12(13)21-24)20-15(16)7-2-3-9-10(4-7)23-25-22-9/h2-6,17,24H,1H3/p-1. The number of phenolic OH excluding ortho intramolecular Hbond substituents is 1. The molecule has 2 heterocycles. The van der Waals surface area contributed by atoms with Gasteiger partial charge in [-0.3, -0.25) is 0 Å². The fourth-order valence-corrected chi connectivity index (χ4v) is 3.78. The monoisotopic (exact) mass is 473 g/mol. The molecule has 0 fully saturated rings. The van der Waals surface area contributed by atoms with Gasteiger partial charge in [-0.25, -0.2) is 0 Å². The molecule has 128 valence electrons. The molecule has 1 aliphatic rings. The van der Waals surface area contributed by atoms with Crippen molar-refractivity contribution >= 4 is 42.9 Å². The van der Waals surface area contributed by atoms with Gasteiger partial charge in [0.2, 0.25) is 0 Å². The van der Waals surface area contributed by atoms with Gasteiger partial charge >= 0.3 is 156 Å². The summed E-state index contributed by atoms with van der Waals surface area (Å²) in [6, 6.07) is 7.85. The van der Waals surface area contributed by atoms with Gasteiger partial charge in [-0.05, 0) is 0 Å². The molecule has 7 nitrogen and oxygen atoms in total. The van der Waals surface area contributed by atoms with Crippen molar-refractivity contribution in [3.05, 3.63) is 40.6 Å². The van der Waals surface area contributed by atoms with Crippen LogP contribution in [0.3, 0.4) is 0 Å². The van der Waals surface area contributed by atoms with Crippen molar-refractivity contribution in [1.29, 1.82) is 0 Å². The van der Waals surface area contributed by atoms with Crippen molar-refractivity contribution in [3.8, 4) is 40.1 Å². The van der Waals surface area contributed by atoms with E-state index >= 15 is 0 Å². The minimum absolute atomic E-state index is 0.0286. The summed E-state index contributed by atoms with van der Waals surface area (Å²) >= 11 is 1.96. The number of phenols is 1. The molecule has 4 rings (SSSR count). The summed E-state index contributed by atoms with van der Waals surface area (Å²) in [4.78, 5) is 12.9. The first-order valence-electron chi connectivity index (χ1n) is 6.95. The number of ether oxygens (including phenoxy) is 1. The molecule has 9 heteroatoms. The van der Waals surface area contributed by atoms with Gasteiger partial charge in [0, 0.05) is 0 Å². The molecule has 3 aromatic rings. The molecular weight excluding hydrogens is 462 g/mol. The first-order chi connectivity index (χ1) is 12.1. The van der Waals surface area contributed by atoms with Crippen LogP contribution in [0.4, 0.5) is 0 Å². The Morgan fingerprint density at radius 2 is 1.96 bits per heavy atom. The van der Waals surface area contributed by atoms with E-state index in [9.17, 15) is 9.90 Å². The van der Waals surface area contributed by atoms with Crippen LogP contribution in [-0.4, -0.2) is 44.2 Å². The molecule has 0 spiro atoms. The molecule has 0 bridgehead atoms. The minimum atomic E-state index is -0.411. The number of benzene rings is 2. The number of hydrogen-bond acceptors (Lipinski definition) is 7. The molecule has 0 saturated heterocycles. The Balaban J connectivity index is 2.03. The van der Waals surface area contributed by atoms with Crippen LogP contribution in [0.5, 0.6) is 28.7 Å². The predicted molar refractivity (Wildman–Crippen MR) is 89.5 cm³/mol. The summed E-state index contributed by atoms with van der Waals surface area (Å²) in [5, 5.41) is 9.99. The number of hydrogen-bond donors (Lipinski definition) is 1. The Labute approximate surface area is 156 Å². The summed E-state index contributed by atoms with van der Waals surface area (Å²) < 4.78 is 27.0. The first-order valence-corrected chi connectivity index (χ1v) is 9.05. The third-order valence-corrected chi connectivity index (χ3v) is 5.07. The predicted octanol–water partition coefficient (Wildman–Crippen LogP) is 1.94. The van der Waals surface area contributed by atoms with Gasteiger partial charge < -0.3 is 0 Å². The van der Waals surface area contributed by atoms with Gasteiger partial charge in [-0.2, -0.15) is 0 Å². The molecule has 0 saturated carbocycles. The third-order valence-electron chi connectivity index (χ3n) is 3.65. The molecule has 0 radical (unpaired) electrons. The topological polar surface area (TPSA) is 87.4 Å². The number of aromatic hydroxyl groups is 1. The quantitative estimate of drug-likeness (QED) is 0.585. The Hall–Kier alpha value is -2.31. The van der Waals surface area contributed by atoms with E-state index in [-0.39, 0.29) is 34.0 Å². The van der Waals surface area contributed by atoms with E-state index in [1.54, 1.807) is 18.2 Å². The van der Waals surface area contributed by atoms with Crippen LogP contribution >= 0.6 is 0 Å². The van der Waals surface area contributed by atoms with Crippen LogP contribution in [0.1, 0.15) is 0 Å². The Morgan fingerprint density at radius 3 is 2.72 bits per heavy atom. The van der Waals surface area contributed by atoms with E-state index in [1.165, 1.54) is 19.2 Å². The van der Waals surface area contributed by atoms with Crippen LogP contribution < -0.4 is 21.6 Å². The second kappa shape index (κ2) is 6.20. The second-order valence-electron chi connectivity index (χ2n) is 5.09. The summed E-state index contributed by atoms with van der Waals surface area (Å²) in [5.41, 5.74) is 0.351. The zero-order chi connectivity index (χ0) is 17.6. The summed E-state index contributed by atoms with van der Waals surface area (Å²) in [7, 11) is 1.39. The van der Waals surface area contributed by atoms with Crippen LogP contribution in [0, 0.1) is 0 Å². The fraction of sp³-hybridized carbons (Fsp3) is 0.0625. The molecule has 1 N–H and O–H groups in total. The second-order valence-corrected chi connectivity index (χ2v) is 6.42. The molecule has 0 aliphatic carbocycles. The molecule has 0 atom stereocenters. The number of methoxy groups -OCH3 is 1. The summed E-state index contributed by atoms with van der Waals surface area (Å²) in [6.45, 7) is 0. The van der Waals surface area contributed by atoms with E-state index in [2.05, 4.69) is 16.3 Å². The molecule has 0 amide bonds. The summed E-state index contributed by atoms with van der Waals surface area (Å²) in [6.07, 6.45) is 0. The van der Waals surface area contributed by atoms with E-state index < -0.39 is 21.0 Å². The van der Waals surface area contributed by atoms with Crippen LogP contribution in [0.25, 0.3) is 22.3 Å². The number of rotatable bonds is 3. The van der Waals surface area contributed by atoms with Crippen molar-refractivity contribution in [1.82, 2.24) is 0 Å². The van der Waals surface area contributed by atoms with E-state index in [0.29, 0.717) is 17.1 Å². The molecule has 25 heavy (non-hydrogen) atoms. The van der Waals surface area contributed by atoms with Crippen LogP contribution in [0.2, 0.25) is 0 Å². The van der Waals surface area contributed by atoms with Gasteiger partial charge in [0.25, 0.3) is 0 Å².